The fourth-order valence-corrected chi connectivity index (χ4v) is 3.99. The van der Waals surface area contributed by atoms with Gasteiger partial charge in [0.05, 0.1) is 42.6 Å². The average Bonchev–Trinajstić information content (AvgIpc) is 2.73. The van der Waals surface area contributed by atoms with E-state index >= 15 is 0 Å². The van der Waals surface area contributed by atoms with Crippen LogP contribution in [0.15, 0.2) is 48.5 Å². The third-order valence-corrected chi connectivity index (χ3v) is 5.52. The van der Waals surface area contributed by atoms with Gasteiger partial charge in [-0.15, -0.1) is 0 Å². The standard InChI is InChI=1S/C23H21F6NO2/c1-14(17-9-18(22(24,25)26)11-19(10-17)23(27,28)29)32-20-13-31-12-16(7-8-30)21(20)15-5-3-2-4-6-15/h2-6,9-11,14,16,20-21H,7,12-13H2,1H3/t14-,16-,20+,21+/m1/s1. The van der Waals surface area contributed by atoms with Crippen LogP contribution in [0.25, 0.3) is 0 Å². The number of hydrogen-bond donors (Lipinski definition) is 0. The minimum Gasteiger partial charge on any atom is -0.378 e. The van der Waals surface area contributed by atoms with Crippen molar-refractivity contribution in [3.8, 4) is 6.07 Å². The zero-order chi connectivity index (χ0) is 23.5. The Morgan fingerprint density at radius 3 is 2.12 bits per heavy atom. The number of benzene rings is 2. The molecular weight excluding hydrogens is 436 g/mol. The van der Waals surface area contributed by atoms with Crippen molar-refractivity contribution >= 4 is 0 Å². The molecule has 0 radical (unpaired) electrons. The van der Waals surface area contributed by atoms with Crippen LogP contribution in [0.5, 0.6) is 0 Å². The first-order chi connectivity index (χ1) is 15.0. The molecule has 9 heteroatoms. The van der Waals surface area contributed by atoms with Gasteiger partial charge < -0.3 is 9.47 Å². The van der Waals surface area contributed by atoms with Crippen LogP contribution in [-0.4, -0.2) is 19.3 Å². The van der Waals surface area contributed by atoms with Gasteiger partial charge in [0.25, 0.3) is 0 Å². The second-order valence-corrected chi connectivity index (χ2v) is 7.75. The molecule has 0 amide bonds. The molecule has 0 saturated carbocycles. The van der Waals surface area contributed by atoms with Gasteiger partial charge in [0.1, 0.15) is 0 Å². The van der Waals surface area contributed by atoms with Crippen LogP contribution in [0.4, 0.5) is 26.3 Å². The Balaban J connectivity index is 1.94. The summed E-state index contributed by atoms with van der Waals surface area (Å²) in [6, 6.07) is 12.7. The lowest BCUT2D eigenvalue weighted by Crippen LogP contribution is -2.40. The van der Waals surface area contributed by atoms with Gasteiger partial charge >= 0.3 is 12.4 Å². The molecule has 1 aliphatic rings. The molecule has 0 bridgehead atoms. The largest absolute Gasteiger partial charge is 0.416 e. The SMILES string of the molecule is C[C@@H](O[C@H]1COC[C@@H](CC#N)[C@@H]1c1ccccc1)c1cc(C(F)(F)F)cc(C(F)(F)F)c1. The average molecular weight is 457 g/mol. The summed E-state index contributed by atoms with van der Waals surface area (Å²) in [5.74, 6) is -0.513. The molecule has 32 heavy (non-hydrogen) atoms. The normalized spacial score (nSPS) is 22.9. The lowest BCUT2D eigenvalue weighted by atomic mass is 9.79. The molecule has 1 saturated heterocycles. The fourth-order valence-electron chi connectivity index (χ4n) is 3.99. The number of nitrogens with zero attached hydrogens (tertiary/aromatic N) is 1. The Hall–Kier alpha value is -2.57. The highest BCUT2D eigenvalue weighted by Crippen LogP contribution is 2.41. The van der Waals surface area contributed by atoms with Crippen molar-refractivity contribution in [3.63, 3.8) is 0 Å². The maximum Gasteiger partial charge on any atom is 0.416 e. The Morgan fingerprint density at radius 2 is 1.59 bits per heavy atom. The van der Waals surface area contributed by atoms with Crippen LogP contribution in [0.3, 0.4) is 0 Å². The third-order valence-electron chi connectivity index (χ3n) is 5.52. The molecule has 2 aromatic carbocycles. The van der Waals surface area contributed by atoms with Crippen LogP contribution >= 0.6 is 0 Å². The molecule has 1 heterocycles. The van der Waals surface area contributed by atoms with Crippen LogP contribution in [0, 0.1) is 17.2 Å². The summed E-state index contributed by atoms with van der Waals surface area (Å²) in [4.78, 5) is 0. The van der Waals surface area contributed by atoms with Crippen LogP contribution in [0.2, 0.25) is 0 Å². The molecule has 0 N–H and O–H groups in total. The van der Waals surface area contributed by atoms with E-state index in [1.165, 1.54) is 6.92 Å². The highest BCUT2D eigenvalue weighted by Gasteiger charge is 2.39. The number of alkyl halides is 6. The van der Waals surface area contributed by atoms with Crippen molar-refractivity contribution < 1.29 is 35.8 Å². The monoisotopic (exact) mass is 457 g/mol. The molecular formula is C23H21F6NO2. The summed E-state index contributed by atoms with van der Waals surface area (Å²) < 4.78 is 90.9. The highest BCUT2D eigenvalue weighted by atomic mass is 19.4. The number of hydrogen-bond acceptors (Lipinski definition) is 3. The lowest BCUT2D eigenvalue weighted by molar-refractivity contribution is -0.143. The van der Waals surface area contributed by atoms with Gasteiger partial charge in [0.2, 0.25) is 0 Å². The predicted octanol–water partition coefficient (Wildman–Crippen LogP) is 6.51. The summed E-state index contributed by atoms with van der Waals surface area (Å²) in [5.41, 5.74) is -2.14. The predicted molar refractivity (Wildman–Crippen MR) is 103 cm³/mol. The molecule has 2 aromatic rings. The van der Waals surface area contributed by atoms with E-state index in [9.17, 15) is 31.6 Å². The number of halogens is 6. The fraction of sp³-hybridized carbons (Fsp3) is 0.435. The topological polar surface area (TPSA) is 42.2 Å². The number of rotatable bonds is 5. The van der Waals surface area contributed by atoms with Crippen LogP contribution in [0.1, 0.15) is 47.6 Å². The summed E-state index contributed by atoms with van der Waals surface area (Å²) in [6.07, 6.45) is -11.4. The Kier molecular flexibility index (Phi) is 7.16. The van der Waals surface area contributed by atoms with Crippen LogP contribution < -0.4 is 0 Å². The van der Waals surface area contributed by atoms with E-state index in [4.69, 9.17) is 9.47 Å². The van der Waals surface area contributed by atoms with Crippen LogP contribution in [-0.2, 0) is 21.8 Å². The second-order valence-electron chi connectivity index (χ2n) is 7.75. The van der Waals surface area contributed by atoms with E-state index in [1.807, 2.05) is 30.3 Å². The van der Waals surface area contributed by atoms with Gasteiger partial charge in [-0.3, -0.25) is 0 Å². The van der Waals surface area contributed by atoms with E-state index < -0.39 is 35.7 Å². The third kappa shape index (κ3) is 5.61. The van der Waals surface area contributed by atoms with E-state index in [2.05, 4.69) is 6.07 Å². The Bertz CT molecular complexity index is 919. The van der Waals surface area contributed by atoms with Crippen molar-refractivity contribution in [2.75, 3.05) is 13.2 Å². The van der Waals surface area contributed by atoms with E-state index in [0.29, 0.717) is 18.7 Å². The molecule has 0 spiro atoms. The molecule has 3 rings (SSSR count). The van der Waals surface area contributed by atoms with E-state index in [1.54, 1.807) is 0 Å². The molecule has 0 unspecified atom stereocenters. The van der Waals surface area contributed by atoms with Gasteiger partial charge in [-0.1, -0.05) is 30.3 Å². The first-order valence-electron chi connectivity index (χ1n) is 9.95. The van der Waals surface area contributed by atoms with Crippen molar-refractivity contribution in [2.45, 2.75) is 43.8 Å². The first-order valence-corrected chi connectivity index (χ1v) is 9.95. The zero-order valence-electron chi connectivity index (χ0n) is 17.1. The van der Waals surface area contributed by atoms with Crippen molar-refractivity contribution in [1.82, 2.24) is 0 Å². The van der Waals surface area contributed by atoms with Gasteiger partial charge in [0, 0.05) is 18.3 Å². The zero-order valence-corrected chi connectivity index (χ0v) is 17.1. The number of nitriles is 1. The highest BCUT2D eigenvalue weighted by molar-refractivity contribution is 5.35. The molecule has 4 atom stereocenters. The molecule has 1 aliphatic heterocycles. The molecule has 1 fully saturated rings. The van der Waals surface area contributed by atoms with Gasteiger partial charge in [0.15, 0.2) is 0 Å². The minimum absolute atomic E-state index is 0.0929. The number of ether oxygens (including phenoxy) is 2. The second kappa shape index (κ2) is 9.51. The van der Waals surface area contributed by atoms with Crippen molar-refractivity contribution in [1.29, 1.82) is 5.26 Å². The summed E-state index contributed by atoms with van der Waals surface area (Å²) in [6.45, 7) is 1.83. The Labute approximate surface area is 181 Å². The molecule has 3 nitrogen and oxygen atoms in total. The quantitative estimate of drug-likeness (QED) is 0.481. The minimum atomic E-state index is -4.94. The molecule has 0 aliphatic carbocycles. The first kappa shape index (κ1) is 24.1. The lowest BCUT2D eigenvalue weighted by Gasteiger charge is -2.39. The van der Waals surface area contributed by atoms with Crippen molar-refractivity contribution in [3.05, 3.63) is 70.8 Å². The van der Waals surface area contributed by atoms with Gasteiger partial charge in [-0.25, -0.2) is 0 Å². The smallest absolute Gasteiger partial charge is 0.378 e. The summed E-state index contributed by atoms with van der Waals surface area (Å²) >= 11 is 0. The van der Waals surface area contributed by atoms with E-state index in [0.717, 1.165) is 5.56 Å². The maximum atomic E-state index is 13.2. The van der Waals surface area contributed by atoms with E-state index in [-0.39, 0.29) is 36.5 Å². The van der Waals surface area contributed by atoms with Crippen molar-refractivity contribution in [2.24, 2.45) is 5.92 Å². The Morgan fingerprint density at radius 1 is 1.00 bits per heavy atom. The summed E-state index contributed by atoms with van der Waals surface area (Å²) in [5, 5.41) is 9.18. The molecule has 0 aromatic heterocycles. The molecule has 172 valence electrons. The van der Waals surface area contributed by atoms with Gasteiger partial charge in [-0.05, 0) is 36.2 Å². The van der Waals surface area contributed by atoms with Gasteiger partial charge in [-0.2, -0.15) is 31.6 Å². The maximum absolute atomic E-state index is 13.2. The summed E-state index contributed by atoms with van der Waals surface area (Å²) in [7, 11) is 0.